The van der Waals surface area contributed by atoms with E-state index in [-0.39, 0.29) is 11.9 Å². The molecule has 1 aromatic carbocycles. The fourth-order valence-corrected chi connectivity index (χ4v) is 2.10. The summed E-state index contributed by atoms with van der Waals surface area (Å²) in [7, 11) is 0. The third kappa shape index (κ3) is 4.69. The monoisotopic (exact) mass is 312 g/mol. The van der Waals surface area contributed by atoms with E-state index in [1.165, 1.54) is 5.56 Å². The summed E-state index contributed by atoms with van der Waals surface area (Å²) < 4.78 is 0.978. The van der Waals surface area contributed by atoms with E-state index in [1.54, 1.807) is 0 Å². The maximum atomic E-state index is 11.8. The van der Waals surface area contributed by atoms with Crippen LogP contribution in [0.25, 0.3) is 0 Å². The molecule has 0 spiro atoms. The van der Waals surface area contributed by atoms with Crippen LogP contribution in [0.3, 0.4) is 0 Å². The zero-order valence-electron chi connectivity index (χ0n) is 11.4. The van der Waals surface area contributed by atoms with Crippen molar-refractivity contribution in [3.63, 3.8) is 0 Å². The van der Waals surface area contributed by atoms with Crippen LogP contribution in [0.15, 0.2) is 22.7 Å². The first kappa shape index (κ1) is 15.0. The summed E-state index contributed by atoms with van der Waals surface area (Å²) in [6.45, 7) is 8.76. The zero-order chi connectivity index (χ0) is 13.7. The molecular weight excluding hydrogens is 292 g/mol. The second-order valence-electron chi connectivity index (χ2n) is 4.99. The Morgan fingerprint density at radius 3 is 2.56 bits per heavy atom. The predicted molar refractivity (Wildman–Crippen MR) is 79.8 cm³/mol. The Morgan fingerprint density at radius 1 is 1.33 bits per heavy atom. The number of hydrogen-bond donors (Lipinski definition) is 2. The normalized spacial score (nSPS) is 12.3. The number of carbonyl (C=O) groups is 1. The minimum atomic E-state index is -0.247. The fourth-order valence-electron chi connectivity index (χ4n) is 1.49. The number of rotatable bonds is 5. The van der Waals surface area contributed by atoms with Crippen LogP contribution in [-0.2, 0) is 4.79 Å². The lowest BCUT2D eigenvalue weighted by molar-refractivity contribution is -0.121. The van der Waals surface area contributed by atoms with Gasteiger partial charge >= 0.3 is 0 Å². The molecule has 1 atom stereocenters. The van der Waals surface area contributed by atoms with Gasteiger partial charge < -0.3 is 10.6 Å². The molecule has 2 N–H and O–H groups in total. The summed E-state index contributed by atoms with van der Waals surface area (Å²) in [5.41, 5.74) is 2.12. The quantitative estimate of drug-likeness (QED) is 0.875. The van der Waals surface area contributed by atoms with E-state index in [1.807, 2.05) is 32.0 Å². The molecule has 0 radical (unpaired) electrons. The summed E-state index contributed by atoms with van der Waals surface area (Å²) in [6, 6.07) is 5.78. The zero-order valence-corrected chi connectivity index (χ0v) is 13.0. The van der Waals surface area contributed by atoms with Gasteiger partial charge in [0, 0.05) is 16.7 Å². The molecule has 0 aliphatic rings. The van der Waals surface area contributed by atoms with Crippen molar-refractivity contribution >= 4 is 27.5 Å². The molecule has 4 heteroatoms. The number of anilines is 1. The Balaban J connectivity index is 2.58. The SMILES string of the molecule is Cc1ccc(NC(C)C(=O)NCC(C)C)c(Br)c1. The number of aryl methyl sites for hydroxylation is 1. The van der Waals surface area contributed by atoms with Crippen LogP contribution < -0.4 is 10.6 Å². The van der Waals surface area contributed by atoms with Gasteiger partial charge in [-0.2, -0.15) is 0 Å². The Labute approximate surface area is 117 Å². The van der Waals surface area contributed by atoms with Crippen LogP contribution in [0.2, 0.25) is 0 Å². The molecule has 0 heterocycles. The maximum absolute atomic E-state index is 11.8. The Bertz CT molecular complexity index is 418. The number of nitrogens with one attached hydrogen (secondary N) is 2. The first-order valence-corrected chi connectivity index (χ1v) is 7.00. The fraction of sp³-hybridized carbons (Fsp3) is 0.500. The molecule has 0 aliphatic carbocycles. The third-order valence-electron chi connectivity index (χ3n) is 2.57. The van der Waals surface area contributed by atoms with Gasteiger partial charge in [0.25, 0.3) is 0 Å². The van der Waals surface area contributed by atoms with Crippen LogP contribution >= 0.6 is 15.9 Å². The summed E-state index contributed by atoms with van der Waals surface area (Å²) >= 11 is 3.49. The molecule has 3 nitrogen and oxygen atoms in total. The van der Waals surface area contributed by atoms with Gasteiger partial charge in [-0.1, -0.05) is 19.9 Å². The van der Waals surface area contributed by atoms with E-state index >= 15 is 0 Å². The van der Waals surface area contributed by atoms with Crippen molar-refractivity contribution in [3.05, 3.63) is 28.2 Å². The standard InChI is InChI=1S/C14H21BrN2O/c1-9(2)8-16-14(18)11(4)17-13-6-5-10(3)7-12(13)15/h5-7,9,11,17H,8H2,1-4H3,(H,16,18). The summed E-state index contributed by atoms with van der Waals surface area (Å²) in [6.07, 6.45) is 0. The number of hydrogen-bond acceptors (Lipinski definition) is 2. The molecule has 0 bridgehead atoms. The van der Waals surface area contributed by atoms with Crippen molar-refractivity contribution in [2.75, 3.05) is 11.9 Å². The average Bonchev–Trinajstić information content (AvgIpc) is 2.29. The lowest BCUT2D eigenvalue weighted by atomic mass is 10.2. The molecule has 0 fully saturated rings. The van der Waals surface area contributed by atoms with Gasteiger partial charge in [-0.15, -0.1) is 0 Å². The highest BCUT2D eigenvalue weighted by Gasteiger charge is 2.13. The molecule has 0 saturated heterocycles. The van der Waals surface area contributed by atoms with Crippen molar-refractivity contribution in [1.29, 1.82) is 0 Å². The van der Waals surface area contributed by atoms with Crippen molar-refractivity contribution in [2.45, 2.75) is 33.7 Å². The van der Waals surface area contributed by atoms with E-state index in [0.717, 1.165) is 10.2 Å². The highest BCUT2D eigenvalue weighted by molar-refractivity contribution is 9.10. The minimum absolute atomic E-state index is 0.0242. The van der Waals surface area contributed by atoms with Gasteiger partial charge in [-0.25, -0.2) is 0 Å². The average molecular weight is 313 g/mol. The van der Waals surface area contributed by atoms with Crippen molar-refractivity contribution in [2.24, 2.45) is 5.92 Å². The van der Waals surface area contributed by atoms with Crippen LogP contribution in [0.5, 0.6) is 0 Å². The first-order chi connectivity index (χ1) is 8.40. The molecule has 0 aliphatic heterocycles. The molecular formula is C14H21BrN2O. The van der Waals surface area contributed by atoms with Crippen molar-refractivity contribution in [1.82, 2.24) is 5.32 Å². The van der Waals surface area contributed by atoms with Gasteiger partial charge in [-0.05, 0) is 53.4 Å². The largest absolute Gasteiger partial charge is 0.373 e. The van der Waals surface area contributed by atoms with Gasteiger partial charge in [0.05, 0.1) is 0 Å². The topological polar surface area (TPSA) is 41.1 Å². The van der Waals surface area contributed by atoms with E-state index in [2.05, 4.69) is 40.4 Å². The van der Waals surface area contributed by atoms with Crippen LogP contribution in [0.1, 0.15) is 26.3 Å². The highest BCUT2D eigenvalue weighted by atomic mass is 79.9. The predicted octanol–water partition coefficient (Wildman–Crippen LogP) is 3.33. The molecule has 1 unspecified atom stereocenters. The molecule has 18 heavy (non-hydrogen) atoms. The van der Waals surface area contributed by atoms with Gasteiger partial charge in [0.2, 0.25) is 5.91 Å². The minimum Gasteiger partial charge on any atom is -0.373 e. The van der Waals surface area contributed by atoms with E-state index < -0.39 is 0 Å². The van der Waals surface area contributed by atoms with Crippen LogP contribution in [-0.4, -0.2) is 18.5 Å². The van der Waals surface area contributed by atoms with E-state index in [4.69, 9.17) is 0 Å². The molecule has 100 valence electrons. The van der Waals surface area contributed by atoms with E-state index in [9.17, 15) is 4.79 Å². The van der Waals surface area contributed by atoms with Gasteiger partial charge in [0.15, 0.2) is 0 Å². The second kappa shape index (κ2) is 6.78. The number of benzene rings is 1. The lowest BCUT2D eigenvalue weighted by Crippen LogP contribution is -2.39. The Kier molecular flexibility index (Phi) is 5.66. The summed E-state index contributed by atoms with van der Waals surface area (Å²) in [5.74, 6) is 0.489. The highest BCUT2D eigenvalue weighted by Crippen LogP contribution is 2.23. The van der Waals surface area contributed by atoms with Gasteiger partial charge in [-0.3, -0.25) is 4.79 Å². The Morgan fingerprint density at radius 2 is 2.00 bits per heavy atom. The second-order valence-corrected chi connectivity index (χ2v) is 5.84. The lowest BCUT2D eigenvalue weighted by Gasteiger charge is -2.17. The molecule has 0 saturated carbocycles. The molecule has 1 rings (SSSR count). The number of carbonyl (C=O) groups excluding carboxylic acids is 1. The van der Waals surface area contributed by atoms with Gasteiger partial charge in [0.1, 0.15) is 6.04 Å². The Hall–Kier alpha value is -1.03. The summed E-state index contributed by atoms with van der Waals surface area (Å²) in [4.78, 5) is 11.8. The van der Waals surface area contributed by atoms with Crippen molar-refractivity contribution in [3.8, 4) is 0 Å². The maximum Gasteiger partial charge on any atom is 0.242 e. The molecule has 1 aromatic rings. The van der Waals surface area contributed by atoms with Crippen LogP contribution in [0.4, 0.5) is 5.69 Å². The van der Waals surface area contributed by atoms with Crippen LogP contribution in [0, 0.1) is 12.8 Å². The first-order valence-electron chi connectivity index (χ1n) is 6.20. The summed E-state index contributed by atoms with van der Waals surface area (Å²) in [5, 5.41) is 6.12. The molecule has 1 amide bonds. The molecule has 0 aromatic heterocycles. The number of halogens is 1. The van der Waals surface area contributed by atoms with E-state index in [0.29, 0.717) is 12.5 Å². The smallest absolute Gasteiger partial charge is 0.242 e. The van der Waals surface area contributed by atoms with Crippen molar-refractivity contribution < 1.29 is 4.79 Å². The third-order valence-corrected chi connectivity index (χ3v) is 3.23. The number of amides is 1.